The summed E-state index contributed by atoms with van der Waals surface area (Å²) in [6.45, 7) is 12.7. The Morgan fingerprint density at radius 3 is 2.38 bits per heavy atom. The first-order valence-electron chi connectivity index (χ1n) is 9.62. The SMILES string of the molecule is Cc1cc(OC(=O)C(CC(C)C)NC(=O)OC(C)(C)C)c2c(C)cc(=O)oc2c1. The van der Waals surface area contributed by atoms with Crippen molar-refractivity contribution < 1.29 is 23.5 Å². The molecule has 1 aromatic heterocycles. The van der Waals surface area contributed by atoms with Gasteiger partial charge in [0.15, 0.2) is 0 Å². The van der Waals surface area contributed by atoms with Crippen molar-refractivity contribution in [2.24, 2.45) is 5.92 Å². The highest BCUT2D eigenvalue weighted by Gasteiger charge is 2.27. The molecule has 0 spiro atoms. The largest absolute Gasteiger partial charge is 0.444 e. The zero-order valence-corrected chi connectivity index (χ0v) is 18.0. The van der Waals surface area contributed by atoms with Crippen LogP contribution in [-0.2, 0) is 9.53 Å². The van der Waals surface area contributed by atoms with Crippen molar-refractivity contribution in [3.05, 3.63) is 39.7 Å². The molecule has 1 aromatic carbocycles. The first-order chi connectivity index (χ1) is 13.4. The molecule has 7 nitrogen and oxygen atoms in total. The van der Waals surface area contributed by atoms with Crippen LogP contribution in [0.4, 0.5) is 4.79 Å². The summed E-state index contributed by atoms with van der Waals surface area (Å²) >= 11 is 0. The number of benzene rings is 1. The van der Waals surface area contributed by atoms with Crippen LogP contribution in [0.3, 0.4) is 0 Å². The highest BCUT2D eigenvalue weighted by atomic mass is 16.6. The maximum atomic E-state index is 12.9. The van der Waals surface area contributed by atoms with Gasteiger partial charge in [-0.05, 0) is 70.2 Å². The molecule has 29 heavy (non-hydrogen) atoms. The topological polar surface area (TPSA) is 94.8 Å². The van der Waals surface area contributed by atoms with Crippen molar-refractivity contribution in [3.8, 4) is 5.75 Å². The van der Waals surface area contributed by atoms with Crippen LogP contribution in [0.25, 0.3) is 11.0 Å². The number of hydrogen-bond donors (Lipinski definition) is 1. The van der Waals surface area contributed by atoms with Gasteiger partial charge in [0.1, 0.15) is 23.0 Å². The van der Waals surface area contributed by atoms with Gasteiger partial charge < -0.3 is 19.2 Å². The summed E-state index contributed by atoms with van der Waals surface area (Å²) in [4.78, 5) is 36.8. The van der Waals surface area contributed by atoms with Crippen molar-refractivity contribution in [2.75, 3.05) is 0 Å². The molecule has 1 amide bonds. The number of alkyl carbamates (subject to hydrolysis) is 1. The van der Waals surface area contributed by atoms with Crippen LogP contribution in [0.15, 0.2) is 27.4 Å². The fraction of sp³-hybridized carbons (Fsp3) is 0.500. The first kappa shape index (κ1) is 22.5. The van der Waals surface area contributed by atoms with E-state index in [0.717, 1.165) is 5.56 Å². The van der Waals surface area contributed by atoms with Crippen molar-refractivity contribution in [1.82, 2.24) is 5.32 Å². The zero-order valence-electron chi connectivity index (χ0n) is 18.0. The number of carbonyl (C=O) groups is 2. The normalized spacial score (nSPS) is 12.7. The summed E-state index contributed by atoms with van der Waals surface area (Å²) in [7, 11) is 0. The van der Waals surface area contributed by atoms with Crippen LogP contribution in [0.2, 0.25) is 0 Å². The quantitative estimate of drug-likeness (QED) is 0.455. The van der Waals surface area contributed by atoms with Gasteiger partial charge >= 0.3 is 17.7 Å². The Hall–Kier alpha value is -2.83. The van der Waals surface area contributed by atoms with Crippen molar-refractivity contribution >= 4 is 23.0 Å². The predicted octanol–water partition coefficient (Wildman–Crippen LogP) is 4.25. The lowest BCUT2D eigenvalue weighted by Gasteiger charge is -2.24. The van der Waals surface area contributed by atoms with Gasteiger partial charge in [-0.1, -0.05) is 13.8 Å². The number of rotatable bonds is 5. The molecule has 0 saturated heterocycles. The Kier molecular flexibility index (Phi) is 6.72. The lowest BCUT2D eigenvalue weighted by Crippen LogP contribution is -2.45. The van der Waals surface area contributed by atoms with Crippen LogP contribution < -0.4 is 15.7 Å². The van der Waals surface area contributed by atoms with Crippen LogP contribution in [0.5, 0.6) is 5.75 Å². The highest BCUT2D eigenvalue weighted by molar-refractivity contribution is 5.91. The molecule has 2 rings (SSSR count). The second kappa shape index (κ2) is 8.68. The predicted molar refractivity (Wildman–Crippen MR) is 110 cm³/mol. The fourth-order valence-corrected chi connectivity index (χ4v) is 2.97. The Bertz CT molecular complexity index is 968. The molecule has 1 N–H and O–H groups in total. The summed E-state index contributed by atoms with van der Waals surface area (Å²) in [5.41, 5.74) is 0.604. The number of aryl methyl sites for hydroxylation is 2. The van der Waals surface area contributed by atoms with E-state index in [9.17, 15) is 14.4 Å². The van der Waals surface area contributed by atoms with Crippen molar-refractivity contribution in [2.45, 2.75) is 66.5 Å². The summed E-state index contributed by atoms with van der Waals surface area (Å²) in [6, 6.07) is 3.88. The van der Waals surface area contributed by atoms with Crippen LogP contribution in [-0.4, -0.2) is 23.7 Å². The van der Waals surface area contributed by atoms with Gasteiger partial charge in [-0.3, -0.25) is 0 Å². The van der Waals surface area contributed by atoms with Gasteiger partial charge in [-0.25, -0.2) is 14.4 Å². The minimum atomic E-state index is -0.878. The van der Waals surface area contributed by atoms with Gasteiger partial charge in [0.2, 0.25) is 0 Å². The molecule has 0 fully saturated rings. The van der Waals surface area contributed by atoms with E-state index >= 15 is 0 Å². The Balaban J connectivity index is 2.33. The third-order valence-electron chi connectivity index (χ3n) is 4.04. The Morgan fingerprint density at radius 2 is 1.79 bits per heavy atom. The maximum Gasteiger partial charge on any atom is 0.408 e. The van der Waals surface area contributed by atoms with Gasteiger partial charge in [0.25, 0.3) is 0 Å². The van der Waals surface area contributed by atoms with E-state index in [1.807, 2.05) is 20.8 Å². The Morgan fingerprint density at radius 1 is 1.14 bits per heavy atom. The van der Waals surface area contributed by atoms with E-state index in [4.69, 9.17) is 13.9 Å². The fourth-order valence-electron chi connectivity index (χ4n) is 2.97. The minimum absolute atomic E-state index is 0.136. The van der Waals surface area contributed by atoms with E-state index < -0.39 is 29.3 Å². The van der Waals surface area contributed by atoms with E-state index in [0.29, 0.717) is 23.0 Å². The number of nitrogens with one attached hydrogen (secondary N) is 1. The molecular weight excluding hydrogens is 374 g/mol. The molecule has 0 radical (unpaired) electrons. The lowest BCUT2D eigenvalue weighted by atomic mass is 10.0. The average Bonchev–Trinajstić information content (AvgIpc) is 2.50. The van der Waals surface area contributed by atoms with Gasteiger partial charge in [0.05, 0.1) is 5.39 Å². The maximum absolute atomic E-state index is 12.9. The molecule has 1 atom stereocenters. The molecule has 0 aliphatic carbocycles. The van der Waals surface area contributed by atoms with Crippen LogP contribution in [0, 0.1) is 19.8 Å². The van der Waals surface area contributed by atoms with E-state index in [1.165, 1.54) is 6.07 Å². The Labute approximate surface area is 170 Å². The molecule has 2 aromatic rings. The molecule has 0 saturated carbocycles. The van der Waals surface area contributed by atoms with E-state index in [2.05, 4.69) is 5.32 Å². The number of carbonyl (C=O) groups excluding carboxylic acids is 2. The van der Waals surface area contributed by atoms with Crippen LogP contribution >= 0.6 is 0 Å². The second-order valence-electron chi connectivity index (χ2n) is 8.63. The lowest BCUT2D eigenvalue weighted by molar-refractivity contribution is -0.137. The molecular formula is C22H29NO6. The average molecular weight is 403 g/mol. The van der Waals surface area contributed by atoms with Gasteiger partial charge in [-0.2, -0.15) is 0 Å². The first-order valence-corrected chi connectivity index (χ1v) is 9.62. The van der Waals surface area contributed by atoms with Crippen LogP contribution in [0.1, 0.15) is 52.2 Å². The number of esters is 1. The highest BCUT2D eigenvalue weighted by Crippen LogP contribution is 2.30. The molecule has 7 heteroatoms. The summed E-state index contributed by atoms with van der Waals surface area (Å²) in [6.07, 6.45) is -0.299. The smallest absolute Gasteiger partial charge is 0.408 e. The van der Waals surface area contributed by atoms with Gasteiger partial charge in [0, 0.05) is 6.07 Å². The molecule has 158 valence electrons. The molecule has 1 unspecified atom stereocenters. The summed E-state index contributed by atoms with van der Waals surface area (Å²) in [5, 5.41) is 3.15. The third-order valence-corrected chi connectivity index (χ3v) is 4.04. The summed E-state index contributed by atoms with van der Waals surface area (Å²) in [5.74, 6) is -0.190. The summed E-state index contributed by atoms with van der Waals surface area (Å²) < 4.78 is 16.2. The molecule has 1 heterocycles. The second-order valence-corrected chi connectivity index (χ2v) is 8.63. The van der Waals surface area contributed by atoms with Gasteiger partial charge in [-0.15, -0.1) is 0 Å². The standard InChI is InChI=1S/C22H29NO6/c1-12(2)8-15(23-21(26)29-22(5,6)7)20(25)28-17-10-13(3)9-16-19(17)14(4)11-18(24)27-16/h9-12,15H,8H2,1-7H3,(H,23,26). The molecule has 0 aliphatic heterocycles. The number of ether oxygens (including phenoxy) is 2. The number of fused-ring (bicyclic) bond motifs is 1. The zero-order chi connectivity index (χ0) is 21.9. The molecule has 0 bridgehead atoms. The number of hydrogen-bond acceptors (Lipinski definition) is 6. The van der Waals surface area contributed by atoms with Crippen molar-refractivity contribution in [3.63, 3.8) is 0 Å². The third kappa shape index (κ3) is 6.34. The minimum Gasteiger partial charge on any atom is -0.444 e. The van der Waals surface area contributed by atoms with E-state index in [-0.39, 0.29) is 11.7 Å². The van der Waals surface area contributed by atoms with Crippen molar-refractivity contribution in [1.29, 1.82) is 0 Å². The number of amides is 1. The van der Waals surface area contributed by atoms with E-state index in [1.54, 1.807) is 39.8 Å². The molecule has 0 aliphatic rings. The monoisotopic (exact) mass is 403 g/mol.